The maximum atomic E-state index is 13.3. The molecular weight excluding hydrogens is 434 g/mol. The largest absolute Gasteiger partial charge is 0.359 e. The number of benzene rings is 2. The fourth-order valence-corrected chi connectivity index (χ4v) is 4.06. The summed E-state index contributed by atoms with van der Waals surface area (Å²) in [6, 6.07) is 14.3. The van der Waals surface area contributed by atoms with E-state index in [4.69, 9.17) is 0 Å². The van der Waals surface area contributed by atoms with Gasteiger partial charge in [-0.05, 0) is 55.3 Å². The highest BCUT2D eigenvalue weighted by Crippen LogP contribution is 2.41. The highest BCUT2D eigenvalue weighted by Gasteiger charge is 2.34. The Morgan fingerprint density at radius 3 is 2.62 bits per heavy atom. The van der Waals surface area contributed by atoms with Crippen LogP contribution in [0.15, 0.2) is 53.0 Å². The van der Waals surface area contributed by atoms with Crippen LogP contribution in [0.25, 0.3) is 11.6 Å². The van der Waals surface area contributed by atoms with Crippen molar-refractivity contribution in [2.24, 2.45) is 0 Å². The zero-order chi connectivity index (χ0) is 20.7. The van der Waals surface area contributed by atoms with Crippen LogP contribution in [-0.4, -0.2) is 15.8 Å². The number of amides is 1. The number of aryl methyl sites for hydroxylation is 2. The van der Waals surface area contributed by atoms with Gasteiger partial charge in [0.1, 0.15) is 0 Å². The van der Waals surface area contributed by atoms with Crippen LogP contribution < -0.4 is 4.90 Å². The number of nitrogens with one attached hydrogen (secondary N) is 1. The van der Waals surface area contributed by atoms with Crippen LogP contribution in [0.2, 0.25) is 0 Å². The van der Waals surface area contributed by atoms with Crippen LogP contribution in [0.3, 0.4) is 0 Å². The number of nitro groups is 1. The van der Waals surface area contributed by atoms with E-state index in [-0.39, 0.29) is 11.6 Å². The third-order valence-electron chi connectivity index (χ3n) is 4.96. The minimum Gasteiger partial charge on any atom is -0.359 e. The van der Waals surface area contributed by atoms with E-state index in [9.17, 15) is 14.9 Å². The number of rotatable bonds is 4. The average molecular weight is 452 g/mol. The van der Waals surface area contributed by atoms with E-state index < -0.39 is 4.92 Å². The zero-order valence-electron chi connectivity index (χ0n) is 15.9. The number of anilines is 1. The molecule has 1 amide bonds. The Bertz CT molecular complexity index is 1180. The Kier molecular flexibility index (Phi) is 4.84. The van der Waals surface area contributed by atoms with Gasteiger partial charge in [0.05, 0.1) is 22.7 Å². The van der Waals surface area contributed by atoms with Crippen molar-refractivity contribution < 1.29 is 9.72 Å². The number of H-pyrrole nitrogens is 1. The molecule has 0 saturated heterocycles. The Hall–Kier alpha value is -3.19. The lowest BCUT2D eigenvalue weighted by Crippen LogP contribution is -2.25. The van der Waals surface area contributed by atoms with Gasteiger partial charge >= 0.3 is 0 Å². The molecule has 0 aliphatic carbocycles. The molecular formula is C22H18BrN3O3. The number of carbonyl (C=O) groups excluding carboxylic acids is 1. The number of fused-ring (bicyclic) bond motifs is 1. The molecule has 1 N–H and O–H groups in total. The first-order chi connectivity index (χ1) is 13.8. The Morgan fingerprint density at radius 1 is 1.17 bits per heavy atom. The molecule has 0 spiro atoms. The monoisotopic (exact) mass is 451 g/mol. The van der Waals surface area contributed by atoms with E-state index in [0.717, 1.165) is 27.0 Å². The second kappa shape index (κ2) is 7.33. The third-order valence-corrected chi connectivity index (χ3v) is 5.45. The molecule has 0 radical (unpaired) electrons. The van der Waals surface area contributed by atoms with Crippen molar-refractivity contribution in [1.82, 2.24) is 4.98 Å². The van der Waals surface area contributed by atoms with Crippen molar-refractivity contribution in [2.75, 3.05) is 4.90 Å². The fourth-order valence-electron chi connectivity index (χ4n) is 3.62. The van der Waals surface area contributed by atoms with Crippen LogP contribution in [0.5, 0.6) is 0 Å². The lowest BCUT2D eigenvalue weighted by atomic mass is 10.0. The van der Waals surface area contributed by atoms with Crippen LogP contribution in [0.4, 0.5) is 11.4 Å². The first kappa shape index (κ1) is 19.1. The van der Waals surface area contributed by atoms with Crippen LogP contribution in [-0.2, 0) is 11.3 Å². The van der Waals surface area contributed by atoms with E-state index in [1.807, 2.05) is 44.2 Å². The van der Waals surface area contributed by atoms with Gasteiger partial charge in [0, 0.05) is 33.6 Å². The summed E-state index contributed by atoms with van der Waals surface area (Å²) in [6.45, 7) is 4.29. The summed E-state index contributed by atoms with van der Waals surface area (Å²) < 4.78 is 0.929. The average Bonchev–Trinajstić information content (AvgIpc) is 3.12. The number of carbonyl (C=O) groups is 1. The minimum atomic E-state index is -0.441. The summed E-state index contributed by atoms with van der Waals surface area (Å²) in [5.41, 5.74) is 5.46. The number of hydrogen-bond donors (Lipinski definition) is 1. The molecule has 2 aromatic carbocycles. The van der Waals surface area contributed by atoms with E-state index in [1.165, 1.54) is 12.1 Å². The van der Waals surface area contributed by atoms with Gasteiger partial charge in [-0.15, -0.1) is 0 Å². The van der Waals surface area contributed by atoms with Gasteiger partial charge in [-0.1, -0.05) is 28.1 Å². The summed E-state index contributed by atoms with van der Waals surface area (Å²) in [5.74, 6) is -0.174. The second-order valence-electron chi connectivity index (χ2n) is 7.09. The molecule has 0 atom stereocenters. The molecule has 29 heavy (non-hydrogen) atoms. The smallest absolute Gasteiger partial charge is 0.270 e. The van der Waals surface area contributed by atoms with Gasteiger partial charge in [-0.3, -0.25) is 14.9 Å². The summed E-state index contributed by atoms with van der Waals surface area (Å²) >= 11 is 3.46. The first-order valence-electron chi connectivity index (χ1n) is 9.06. The van der Waals surface area contributed by atoms with Crippen molar-refractivity contribution in [3.8, 4) is 0 Å². The highest BCUT2D eigenvalue weighted by molar-refractivity contribution is 9.10. The van der Waals surface area contributed by atoms with Crippen LogP contribution >= 0.6 is 15.9 Å². The molecule has 7 heteroatoms. The van der Waals surface area contributed by atoms with Crippen molar-refractivity contribution in [3.63, 3.8) is 0 Å². The molecule has 1 aliphatic rings. The number of nitro benzene ring substituents is 1. The minimum absolute atomic E-state index is 0.0360. The molecule has 0 unspecified atom stereocenters. The summed E-state index contributed by atoms with van der Waals surface area (Å²) in [5, 5.41) is 11.3. The van der Waals surface area contributed by atoms with E-state index >= 15 is 0 Å². The molecule has 2 heterocycles. The standard InChI is InChI=1S/C22H18BrN3O3/c1-13-8-14(2)24-20(13)11-19-18-10-17(26(28)29)6-7-21(18)25(22(19)27)12-15-4-3-5-16(23)9-15/h3-11,24H,12H2,1-2H3/b19-11-. The lowest BCUT2D eigenvalue weighted by Gasteiger charge is -2.17. The van der Waals surface area contributed by atoms with Gasteiger partial charge in [-0.25, -0.2) is 0 Å². The topological polar surface area (TPSA) is 79.2 Å². The van der Waals surface area contributed by atoms with E-state index in [1.54, 1.807) is 17.0 Å². The second-order valence-corrected chi connectivity index (χ2v) is 8.00. The zero-order valence-corrected chi connectivity index (χ0v) is 17.5. The quantitative estimate of drug-likeness (QED) is 0.328. The molecule has 146 valence electrons. The fraction of sp³-hybridized carbons (Fsp3) is 0.136. The summed E-state index contributed by atoms with van der Waals surface area (Å²) in [7, 11) is 0. The SMILES string of the molecule is Cc1cc(C)c(/C=C2\C(=O)N(Cc3cccc(Br)c3)c3ccc([N+](=O)[O-])cc32)[nH]1. The molecule has 6 nitrogen and oxygen atoms in total. The van der Waals surface area contributed by atoms with Crippen molar-refractivity contribution >= 4 is 44.9 Å². The van der Waals surface area contributed by atoms with E-state index in [0.29, 0.717) is 23.4 Å². The normalized spacial score (nSPS) is 14.5. The molecule has 0 fully saturated rings. The molecule has 0 saturated carbocycles. The molecule has 1 aliphatic heterocycles. The number of halogens is 1. The number of nitrogens with zero attached hydrogens (tertiary/aromatic N) is 2. The van der Waals surface area contributed by atoms with Crippen LogP contribution in [0, 0.1) is 24.0 Å². The highest BCUT2D eigenvalue weighted by atomic mass is 79.9. The Balaban J connectivity index is 1.83. The predicted molar refractivity (Wildman–Crippen MR) is 117 cm³/mol. The summed E-state index contributed by atoms with van der Waals surface area (Å²) in [4.78, 5) is 29.1. The maximum Gasteiger partial charge on any atom is 0.270 e. The number of aromatic nitrogens is 1. The van der Waals surface area contributed by atoms with Gasteiger partial charge in [0.2, 0.25) is 0 Å². The Labute approximate surface area is 176 Å². The summed E-state index contributed by atoms with van der Waals surface area (Å²) in [6.07, 6.45) is 1.79. The number of aromatic amines is 1. The predicted octanol–water partition coefficient (Wildman–Crippen LogP) is 5.39. The number of hydrogen-bond acceptors (Lipinski definition) is 3. The molecule has 0 bridgehead atoms. The van der Waals surface area contributed by atoms with Gasteiger partial charge in [0.25, 0.3) is 11.6 Å². The molecule has 1 aromatic heterocycles. The Morgan fingerprint density at radius 2 is 1.97 bits per heavy atom. The molecule has 3 aromatic rings. The van der Waals surface area contributed by atoms with Crippen molar-refractivity contribution in [3.05, 3.63) is 91.2 Å². The van der Waals surface area contributed by atoms with E-state index in [2.05, 4.69) is 20.9 Å². The van der Waals surface area contributed by atoms with Gasteiger partial charge in [-0.2, -0.15) is 0 Å². The molecule has 4 rings (SSSR count). The maximum absolute atomic E-state index is 13.3. The van der Waals surface area contributed by atoms with Gasteiger partial charge in [0.15, 0.2) is 0 Å². The van der Waals surface area contributed by atoms with Crippen molar-refractivity contribution in [1.29, 1.82) is 0 Å². The lowest BCUT2D eigenvalue weighted by molar-refractivity contribution is -0.384. The van der Waals surface area contributed by atoms with Gasteiger partial charge < -0.3 is 9.88 Å². The third kappa shape index (κ3) is 3.61. The van der Waals surface area contributed by atoms with Crippen molar-refractivity contribution in [2.45, 2.75) is 20.4 Å². The number of non-ortho nitro benzene ring substituents is 1. The first-order valence-corrected chi connectivity index (χ1v) is 9.86. The van der Waals surface area contributed by atoms with Crippen LogP contribution in [0.1, 0.15) is 28.1 Å².